The Morgan fingerprint density at radius 2 is 2.00 bits per heavy atom. The third-order valence-corrected chi connectivity index (χ3v) is 3.48. The number of hydrogen-bond acceptors (Lipinski definition) is 7. The van der Waals surface area contributed by atoms with Gasteiger partial charge in [0.05, 0.1) is 29.3 Å². The van der Waals surface area contributed by atoms with Crippen molar-refractivity contribution >= 4 is 22.9 Å². The Balaban J connectivity index is 2.25. The van der Waals surface area contributed by atoms with Gasteiger partial charge in [0.25, 0.3) is 5.56 Å². The number of hydrogen-bond donors (Lipinski definition) is 0. The molecule has 0 fully saturated rings. The molecule has 0 saturated heterocycles. The number of aromatic nitrogens is 5. The predicted octanol–water partition coefficient (Wildman–Crippen LogP) is 0.618. The summed E-state index contributed by atoms with van der Waals surface area (Å²) >= 11 is 0. The Hall–Kier alpha value is -3.49. The quantitative estimate of drug-likeness (QED) is 0.642. The van der Waals surface area contributed by atoms with Gasteiger partial charge in [0.1, 0.15) is 12.7 Å². The Labute approximate surface area is 142 Å². The fraction of sp³-hybridized carbons (Fsp3) is 0.188. The van der Waals surface area contributed by atoms with Crippen LogP contribution in [0, 0.1) is 0 Å². The average molecular weight is 340 g/mol. The average Bonchev–Trinajstić information content (AvgIpc) is 3.13. The van der Waals surface area contributed by atoms with Crippen molar-refractivity contribution in [2.45, 2.75) is 0 Å². The molecule has 0 bridgehead atoms. The van der Waals surface area contributed by atoms with Crippen molar-refractivity contribution in [1.29, 1.82) is 0 Å². The molecule has 0 unspecified atom stereocenters. The zero-order valence-corrected chi connectivity index (χ0v) is 13.9. The van der Waals surface area contributed by atoms with Crippen LogP contribution >= 0.6 is 0 Å². The van der Waals surface area contributed by atoms with Crippen LogP contribution in [-0.4, -0.2) is 56.6 Å². The normalized spacial score (nSPS) is 11.2. The number of fused-ring (bicyclic) bond motifs is 1. The summed E-state index contributed by atoms with van der Waals surface area (Å²) in [5.41, 5.74) is 0.764. The molecule has 0 N–H and O–H groups in total. The second-order valence-corrected chi connectivity index (χ2v) is 5.43. The molecule has 0 radical (unpaired) electrons. The van der Waals surface area contributed by atoms with E-state index in [2.05, 4.69) is 15.2 Å². The Morgan fingerprint density at radius 3 is 2.64 bits per heavy atom. The lowest BCUT2D eigenvalue weighted by atomic mass is 10.1. The highest BCUT2D eigenvalue weighted by Crippen LogP contribution is 2.16. The van der Waals surface area contributed by atoms with E-state index in [4.69, 9.17) is 4.74 Å². The van der Waals surface area contributed by atoms with E-state index >= 15 is 0 Å². The lowest BCUT2D eigenvalue weighted by Gasteiger charge is -2.10. The summed E-state index contributed by atoms with van der Waals surface area (Å²) in [6, 6.07) is 3.18. The van der Waals surface area contributed by atoms with Crippen molar-refractivity contribution in [3.8, 4) is 0 Å². The number of nitrogens with zero attached hydrogens (tertiary/aromatic N) is 6. The van der Waals surface area contributed by atoms with Crippen LogP contribution in [0.15, 0.2) is 42.0 Å². The molecule has 0 aromatic carbocycles. The molecular weight excluding hydrogens is 324 g/mol. The highest BCUT2D eigenvalue weighted by atomic mass is 16.5. The van der Waals surface area contributed by atoms with Gasteiger partial charge < -0.3 is 9.64 Å². The molecule has 0 spiro atoms. The first-order valence-electron chi connectivity index (χ1n) is 7.36. The molecule has 0 aliphatic rings. The highest BCUT2D eigenvalue weighted by Gasteiger charge is 2.16. The number of carbonyl (C=O) groups is 1. The number of carbonyl (C=O) groups excluding carboxylic acids is 1. The number of pyridine rings is 2. The van der Waals surface area contributed by atoms with Crippen LogP contribution in [0.3, 0.4) is 0 Å². The lowest BCUT2D eigenvalue weighted by Crippen LogP contribution is -2.25. The van der Waals surface area contributed by atoms with Crippen molar-refractivity contribution in [2.75, 3.05) is 21.2 Å². The van der Waals surface area contributed by atoms with Gasteiger partial charge in [-0.05, 0) is 18.2 Å². The monoisotopic (exact) mass is 340 g/mol. The van der Waals surface area contributed by atoms with Gasteiger partial charge in [-0.3, -0.25) is 4.79 Å². The molecule has 0 atom stereocenters. The SMILES string of the molecule is COC(=O)c1cc2c(=O)n(-n3cnnc3)ccc2nc1/C=C/N(C)C. The zero-order valence-electron chi connectivity index (χ0n) is 13.9. The third kappa shape index (κ3) is 3.11. The molecule has 0 amide bonds. The van der Waals surface area contributed by atoms with E-state index in [1.165, 1.54) is 35.2 Å². The van der Waals surface area contributed by atoms with Crippen LogP contribution in [0.1, 0.15) is 16.1 Å². The molecule has 0 aliphatic heterocycles. The number of rotatable bonds is 4. The van der Waals surface area contributed by atoms with Crippen molar-refractivity contribution in [1.82, 2.24) is 29.4 Å². The van der Waals surface area contributed by atoms with Crippen LogP contribution < -0.4 is 5.56 Å². The Bertz CT molecular complexity index is 1000. The first kappa shape index (κ1) is 16.4. The van der Waals surface area contributed by atoms with Crippen LogP contribution in [0.25, 0.3) is 17.0 Å². The summed E-state index contributed by atoms with van der Waals surface area (Å²) in [5.74, 6) is -0.563. The number of ether oxygens (including phenoxy) is 1. The minimum atomic E-state index is -0.563. The predicted molar refractivity (Wildman–Crippen MR) is 90.9 cm³/mol. The van der Waals surface area contributed by atoms with E-state index in [9.17, 15) is 9.59 Å². The topological polar surface area (TPSA) is 95.1 Å². The fourth-order valence-electron chi connectivity index (χ4n) is 2.28. The van der Waals surface area contributed by atoms with Gasteiger partial charge in [-0.15, -0.1) is 10.2 Å². The van der Waals surface area contributed by atoms with E-state index < -0.39 is 5.97 Å². The second kappa shape index (κ2) is 6.56. The molecule has 25 heavy (non-hydrogen) atoms. The van der Waals surface area contributed by atoms with Gasteiger partial charge in [-0.25, -0.2) is 19.1 Å². The summed E-state index contributed by atoms with van der Waals surface area (Å²) in [6.07, 6.45) is 7.82. The molecule has 3 aromatic rings. The van der Waals surface area contributed by atoms with Gasteiger partial charge in [0.2, 0.25) is 0 Å². The van der Waals surface area contributed by atoms with Crippen molar-refractivity contribution in [3.63, 3.8) is 0 Å². The van der Waals surface area contributed by atoms with Gasteiger partial charge in [0, 0.05) is 26.5 Å². The van der Waals surface area contributed by atoms with Crippen molar-refractivity contribution < 1.29 is 9.53 Å². The Morgan fingerprint density at radius 1 is 1.28 bits per heavy atom. The highest BCUT2D eigenvalue weighted by molar-refractivity contribution is 5.97. The van der Waals surface area contributed by atoms with Crippen LogP contribution in [0.5, 0.6) is 0 Å². The molecule has 3 aromatic heterocycles. The first-order valence-corrected chi connectivity index (χ1v) is 7.36. The summed E-state index contributed by atoms with van der Waals surface area (Å²) < 4.78 is 7.56. The maximum absolute atomic E-state index is 12.7. The molecule has 9 heteroatoms. The molecule has 0 aliphatic carbocycles. The molecule has 3 heterocycles. The fourth-order valence-corrected chi connectivity index (χ4v) is 2.28. The smallest absolute Gasteiger partial charge is 0.340 e. The van der Waals surface area contributed by atoms with Gasteiger partial charge in [-0.2, -0.15) is 0 Å². The summed E-state index contributed by atoms with van der Waals surface area (Å²) in [5, 5.41) is 7.66. The number of methoxy groups -OCH3 is 1. The lowest BCUT2D eigenvalue weighted by molar-refractivity contribution is 0.0600. The summed E-state index contributed by atoms with van der Waals surface area (Å²) in [7, 11) is 4.99. The van der Waals surface area contributed by atoms with Crippen molar-refractivity contribution in [2.24, 2.45) is 0 Å². The molecule has 0 saturated carbocycles. The van der Waals surface area contributed by atoms with Crippen LogP contribution in [0.2, 0.25) is 0 Å². The van der Waals surface area contributed by atoms with Gasteiger partial charge >= 0.3 is 5.97 Å². The number of esters is 1. The molecule has 9 nitrogen and oxygen atoms in total. The van der Waals surface area contributed by atoms with E-state index in [0.29, 0.717) is 16.6 Å². The van der Waals surface area contributed by atoms with E-state index in [1.54, 1.807) is 24.5 Å². The van der Waals surface area contributed by atoms with E-state index in [-0.39, 0.29) is 11.1 Å². The summed E-state index contributed by atoms with van der Waals surface area (Å²) in [6.45, 7) is 0. The zero-order chi connectivity index (χ0) is 18.0. The minimum absolute atomic E-state index is 0.215. The third-order valence-electron chi connectivity index (χ3n) is 3.48. The van der Waals surface area contributed by atoms with Crippen molar-refractivity contribution in [3.05, 3.63) is 58.8 Å². The largest absolute Gasteiger partial charge is 0.465 e. The Kier molecular flexibility index (Phi) is 4.29. The molecule has 3 rings (SSSR count). The maximum atomic E-state index is 12.7. The standard InChI is InChI=1S/C16H16N6O3/c1-20(2)6-4-14-12(16(24)25-3)8-11-13(19-14)5-7-22(15(11)23)21-9-17-18-10-21/h4-10H,1-3H3/b6-4+. The van der Waals surface area contributed by atoms with Crippen LogP contribution in [-0.2, 0) is 4.74 Å². The maximum Gasteiger partial charge on any atom is 0.340 e. The molecular formula is C16H16N6O3. The van der Waals surface area contributed by atoms with Crippen LogP contribution in [0.4, 0.5) is 0 Å². The first-order chi connectivity index (χ1) is 12.0. The van der Waals surface area contributed by atoms with E-state index in [1.807, 2.05) is 19.0 Å². The summed E-state index contributed by atoms with van der Waals surface area (Å²) in [4.78, 5) is 31.1. The van der Waals surface area contributed by atoms with Gasteiger partial charge in [0.15, 0.2) is 0 Å². The van der Waals surface area contributed by atoms with Gasteiger partial charge in [-0.1, -0.05) is 0 Å². The minimum Gasteiger partial charge on any atom is -0.465 e. The molecule has 128 valence electrons. The van der Waals surface area contributed by atoms with E-state index in [0.717, 1.165) is 0 Å². The second-order valence-electron chi connectivity index (χ2n) is 5.43.